The minimum absolute atomic E-state index is 0.113. The number of aliphatic hydroxyl groups excluding tert-OH is 1. The number of hydrogen-bond acceptors (Lipinski definition) is 3. The molecule has 3 aromatic carbocycles. The van der Waals surface area contributed by atoms with E-state index >= 15 is 0 Å². The highest BCUT2D eigenvalue weighted by Gasteiger charge is 2.37. The van der Waals surface area contributed by atoms with E-state index in [-0.39, 0.29) is 23.0 Å². The zero-order valence-electron chi connectivity index (χ0n) is 24.1. The zero-order chi connectivity index (χ0) is 28.0. The van der Waals surface area contributed by atoms with Gasteiger partial charge in [0.1, 0.15) is 5.75 Å². The summed E-state index contributed by atoms with van der Waals surface area (Å²) in [5.74, 6) is -0.0343. The van der Waals surface area contributed by atoms with Crippen LogP contribution in [0.25, 0.3) is 22.3 Å². The van der Waals surface area contributed by atoms with Gasteiger partial charge in [-0.25, -0.2) is 4.79 Å². The Morgan fingerprint density at radius 3 is 1.97 bits per heavy atom. The SMILES string of the molecule is CC1(C)CCC(C)(C)c2cc(-c3cc(-c4ccc(C(=O)O)cc4)ccc3OCCCCCCCCO)ccc21. The lowest BCUT2D eigenvalue weighted by atomic mass is 9.63. The Morgan fingerprint density at radius 2 is 1.31 bits per heavy atom. The average Bonchev–Trinajstić information content (AvgIpc) is 2.93. The molecule has 0 bridgehead atoms. The summed E-state index contributed by atoms with van der Waals surface area (Å²) in [6, 6.07) is 20.3. The van der Waals surface area contributed by atoms with Crippen molar-refractivity contribution in [1.82, 2.24) is 0 Å². The first-order chi connectivity index (χ1) is 18.6. The van der Waals surface area contributed by atoms with Crippen LogP contribution in [0.15, 0.2) is 60.7 Å². The Kier molecular flexibility index (Phi) is 9.17. The third-order valence-electron chi connectivity index (χ3n) is 8.42. The van der Waals surface area contributed by atoms with Crippen LogP contribution in [0.2, 0.25) is 0 Å². The van der Waals surface area contributed by atoms with Crippen molar-refractivity contribution in [2.45, 2.75) is 89.9 Å². The van der Waals surface area contributed by atoms with Crippen LogP contribution in [0.5, 0.6) is 5.75 Å². The normalized spacial score (nSPS) is 15.5. The highest BCUT2D eigenvalue weighted by atomic mass is 16.5. The van der Waals surface area contributed by atoms with Crippen molar-refractivity contribution in [3.8, 4) is 28.0 Å². The predicted octanol–water partition coefficient (Wildman–Crippen LogP) is 8.78. The molecule has 2 N–H and O–H groups in total. The van der Waals surface area contributed by atoms with E-state index < -0.39 is 5.97 Å². The van der Waals surface area contributed by atoms with Crippen molar-refractivity contribution < 1.29 is 19.7 Å². The molecule has 4 nitrogen and oxygen atoms in total. The topological polar surface area (TPSA) is 66.8 Å². The summed E-state index contributed by atoms with van der Waals surface area (Å²) < 4.78 is 6.38. The Balaban J connectivity index is 1.64. The van der Waals surface area contributed by atoms with Gasteiger partial charge in [0.15, 0.2) is 0 Å². The van der Waals surface area contributed by atoms with Crippen molar-refractivity contribution in [1.29, 1.82) is 0 Å². The molecule has 0 saturated heterocycles. The monoisotopic (exact) mass is 528 g/mol. The summed E-state index contributed by atoms with van der Waals surface area (Å²) in [7, 11) is 0. The number of rotatable bonds is 12. The maximum atomic E-state index is 11.3. The molecule has 0 amide bonds. The fourth-order valence-electron chi connectivity index (χ4n) is 5.73. The molecule has 0 unspecified atom stereocenters. The van der Waals surface area contributed by atoms with Crippen LogP contribution >= 0.6 is 0 Å². The molecule has 3 aromatic rings. The van der Waals surface area contributed by atoms with Crippen LogP contribution in [-0.4, -0.2) is 29.4 Å². The van der Waals surface area contributed by atoms with Crippen molar-refractivity contribution in [2.75, 3.05) is 13.2 Å². The first-order valence-electron chi connectivity index (χ1n) is 14.5. The van der Waals surface area contributed by atoms with Gasteiger partial charge in [0, 0.05) is 12.2 Å². The molecule has 0 spiro atoms. The van der Waals surface area contributed by atoms with Gasteiger partial charge in [-0.15, -0.1) is 0 Å². The first-order valence-corrected chi connectivity index (χ1v) is 14.5. The standard InChI is InChI=1S/C35H44O4/c1-34(2)19-20-35(3,4)31-24-28(15-17-30(31)34)29-23-27(25-11-13-26(14-12-25)33(37)38)16-18-32(29)39-22-10-8-6-5-7-9-21-36/h11-18,23-24,36H,5-10,19-22H2,1-4H3,(H,37,38). The second-order valence-corrected chi connectivity index (χ2v) is 12.3. The molecular formula is C35H44O4. The molecule has 1 aliphatic carbocycles. The van der Waals surface area contributed by atoms with Gasteiger partial charge < -0.3 is 14.9 Å². The summed E-state index contributed by atoms with van der Waals surface area (Å²) in [6.07, 6.45) is 8.76. The Bertz CT molecular complexity index is 1270. The van der Waals surface area contributed by atoms with E-state index in [2.05, 4.69) is 64.1 Å². The van der Waals surface area contributed by atoms with Crippen LogP contribution < -0.4 is 4.74 Å². The molecular weight excluding hydrogens is 484 g/mol. The lowest BCUT2D eigenvalue weighted by molar-refractivity contribution is 0.0697. The number of fused-ring (bicyclic) bond motifs is 1. The fourth-order valence-corrected chi connectivity index (χ4v) is 5.73. The number of aliphatic hydroxyl groups is 1. The quantitative estimate of drug-likeness (QED) is 0.231. The van der Waals surface area contributed by atoms with Gasteiger partial charge >= 0.3 is 5.97 Å². The summed E-state index contributed by atoms with van der Waals surface area (Å²) in [6.45, 7) is 10.3. The fraction of sp³-hybridized carbons (Fsp3) is 0.457. The van der Waals surface area contributed by atoms with Crippen molar-refractivity contribution in [3.05, 3.63) is 77.4 Å². The lowest BCUT2D eigenvalue weighted by Gasteiger charge is -2.42. The molecule has 0 atom stereocenters. The molecule has 0 radical (unpaired) electrons. The molecule has 1 aliphatic rings. The number of carboxylic acid groups (broad SMARTS) is 1. The molecule has 0 fully saturated rings. The van der Waals surface area contributed by atoms with E-state index in [9.17, 15) is 9.90 Å². The number of benzene rings is 3. The second-order valence-electron chi connectivity index (χ2n) is 12.3. The van der Waals surface area contributed by atoms with Gasteiger partial charge in [0.25, 0.3) is 0 Å². The highest BCUT2D eigenvalue weighted by Crippen LogP contribution is 2.47. The smallest absolute Gasteiger partial charge is 0.335 e. The minimum atomic E-state index is -0.918. The third-order valence-corrected chi connectivity index (χ3v) is 8.42. The Labute approximate surface area is 234 Å². The summed E-state index contributed by atoms with van der Waals surface area (Å²) in [4.78, 5) is 11.3. The van der Waals surface area contributed by atoms with Crippen LogP contribution in [0.4, 0.5) is 0 Å². The Morgan fingerprint density at radius 1 is 0.718 bits per heavy atom. The van der Waals surface area contributed by atoms with Gasteiger partial charge in [-0.2, -0.15) is 0 Å². The molecule has 208 valence electrons. The molecule has 0 aliphatic heterocycles. The van der Waals surface area contributed by atoms with E-state index in [4.69, 9.17) is 9.84 Å². The van der Waals surface area contributed by atoms with E-state index in [0.29, 0.717) is 6.61 Å². The first kappa shape index (κ1) is 28.9. The number of carbonyl (C=O) groups is 1. The van der Waals surface area contributed by atoms with E-state index in [0.717, 1.165) is 72.9 Å². The van der Waals surface area contributed by atoms with E-state index in [1.54, 1.807) is 12.1 Å². The highest BCUT2D eigenvalue weighted by molar-refractivity contribution is 5.88. The third kappa shape index (κ3) is 6.91. The molecule has 0 aromatic heterocycles. The zero-order valence-corrected chi connectivity index (χ0v) is 24.1. The van der Waals surface area contributed by atoms with Crippen molar-refractivity contribution in [2.24, 2.45) is 0 Å². The minimum Gasteiger partial charge on any atom is -0.493 e. The van der Waals surface area contributed by atoms with Gasteiger partial charge in [0.05, 0.1) is 12.2 Å². The number of unbranched alkanes of at least 4 members (excludes halogenated alkanes) is 5. The average molecular weight is 529 g/mol. The van der Waals surface area contributed by atoms with Crippen LogP contribution in [0, 0.1) is 0 Å². The molecule has 39 heavy (non-hydrogen) atoms. The summed E-state index contributed by atoms with van der Waals surface area (Å²) in [5.41, 5.74) is 7.66. The van der Waals surface area contributed by atoms with E-state index in [1.165, 1.54) is 17.5 Å². The Hall–Kier alpha value is -3.11. The number of hydrogen-bond donors (Lipinski definition) is 2. The summed E-state index contributed by atoms with van der Waals surface area (Å²) in [5, 5.41) is 18.3. The van der Waals surface area contributed by atoms with Gasteiger partial charge in [-0.05, 0) is 88.6 Å². The maximum absolute atomic E-state index is 11.3. The lowest BCUT2D eigenvalue weighted by Crippen LogP contribution is -2.33. The molecule has 0 heterocycles. The van der Waals surface area contributed by atoms with Gasteiger partial charge in [-0.3, -0.25) is 0 Å². The van der Waals surface area contributed by atoms with Crippen LogP contribution in [0.3, 0.4) is 0 Å². The number of aromatic carboxylic acids is 1. The van der Waals surface area contributed by atoms with Crippen molar-refractivity contribution >= 4 is 5.97 Å². The number of ether oxygens (including phenoxy) is 1. The van der Waals surface area contributed by atoms with Gasteiger partial charge in [0.2, 0.25) is 0 Å². The maximum Gasteiger partial charge on any atom is 0.335 e. The summed E-state index contributed by atoms with van der Waals surface area (Å²) >= 11 is 0. The second kappa shape index (κ2) is 12.4. The number of carboxylic acids is 1. The van der Waals surface area contributed by atoms with E-state index in [1.807, 2.05) is 12.1 Å². The van der Waals surface area contributed by atoms with Gasteiger partial charge in [-0.1, -0.05) is 89.8 Å². The largest absolute Gasteiger partial charge is 0.493 e. The van der Waals surface area contributed by atoms with Crippen LogP contribution in [-0.2, 0) is 10.8 Å². The molecule has 0 saturated carbocycles. The predicted molar refractivity (Wildman–Crippen MR) is 160 cm³/mol. The molecule has 4 rings (SSSR count). The van der Waals surface area contributed by atoms with Crippen molar-refractivity contribution in [3.63, 3.8) is 0 Å². The molecule has 4 heteroatoms. The van der Waals surface area contributed by atoms with Crippen LogP contribution in [0.1, 0.15) is 101 Å².